The number of phenolic OH excluding ortho intramolecular Hbond substituents is 1. The topological polar surface area (TPSA) is 98.6 Å². The number of likely N-dealkylation sites (tertiary alicyclic amines) is 1. The number of carbonyl (C=O) groups is 1. The number of aromatic nitrogens is 2. The lowest BCUT2D eigenvalue weighted by atomic mass is 10.0. The average molecular weight is 451 g/mol. The first kappa shape index (κ1) is 21.9. The van der Waals surface area contributed by atoms with E-state index in [0.717, 1.165) is 22.8 Å². The summed E-state index contributed by atoms with van der Waals surface area (Å²) in [6.45, 7) is 2.64. The highest BCUT2D eigenvalue weighted by molar-refractivity contribution is 6.30. The summed E-state index contributed by atoms with van der Waals surface area (Å²) in [5, 5.41) is 33.6. The maximum atomic E-state index is 12.8. The van der Waals surface area contributed by atoms with Crippen molar-refractivity contribution in [2.75, 3.05) is 25.0 Å². The Kier molecular flexibility index (Phi) is 6.45. The second-order valence-corrected chi connectivity index (χ2v) is 8.02. The van der Waals surface area contributed by atoms with Crippen LogP contribution in [0.25, 0.3) is 22.0 Å². The molecule has 1 aliphatic rings. The highest BCUT2D eigenvalue weighted by atomic mass is 35.5. The zero-order valence-corrected chi connectivity index (χ0v) is 18.4. The molecule has 0 aliphatic carbocycles. The Balaban J connectivity index is 1.80. The zero-order valence-electron chi connectivity index (χ0n) is 17.6. The number of rotatable bonds is 5. The van der Waals surface area contributed by atoms with Crippen LogP contribution >= 0.6 is 11.6 Å². The van der Waals surface area contributed by atoms with Crippen molar-refractivity contribution in [1.82, 2.24) is 15.1 Å². The van der Waals surface area contributed by atoms with Crippen molar-refractivity contribution in [1.29, 1.82) is 0 Å². The summed E-state index contributed by atoms with van der Waals surface area (Å²) < 4.78 is 0. The van der Waals surface area contributed by atoms with Gasteiger partial charge in [0.1, 0.15) is 17.5 Å². The number of aliphatic hydroxyl groups is 1. The number of aliphatic hydroxyl groups excluding tert-OH is 1. The van der Waals surface area contributed by atoms with E-state index in [1.54, 1.807) is 24.0 Å². The Hall–Kier alpha value is -3.34. The second-order valence-electron chi connectivity index (χ2n) is 7.58. The van der Waals surface area contributed by atoms with Crippen LogP contribution in [0.5, 0.6) is 5.75 Å². The van der Waals surface area contributed by atoms with Crippen LogP contribution in [0.2, 0.25) is 5.02 Å². The predicted octanol–water partition coefficient (Wildman–Crippen LogP) is 3.42. The van der Waals surface area contributed by atoms with Crippen molar-refractivity contribution in [3.8, 4) is 28.8 Å². The van der Waals surface area contributed by atoms with Crippen molar-refractivity contribution in [3.05, 3.63) is 47.0 Å². The molecular weight excluding hydrogens is 428 g/mol. The second kappa shape index (κ2) is 9.43. The lowest BCUT2D eigenvalue weighted by Gasteiger charge is -2.32. The summed E-state index contributed by atoms with van der Waals surface area (Å²) in [6, 6.07) is 10.1. The number of carbonyl (C=O) groups excluding carboxylic acids is 1. The highest BCUT2D eigenvalue weighted by Gasteiger charge is 2.29. The molecule has 3 aromatic rings. The van der Waals surface area contributed by atoms with Gasteiger partial charge in [0.25, 0.3) is 0 Å². The lowest BCUT2D eigenvalue weighted by molar-refractivity contribution is -0.134. The Labute approximate surface area is 191 Å². The van der Waals surface area contributed by atoms with Gasteiger partial charge in [0.15, 0.2) is 5.82 Å². The minimum absolute atomic E-state index is 0.00772. The molecule has 2 heterocycles. The summed E-state index contributed by atoms with van der Waals surface area (Å²) in [6.07, 6.45) is 1.50. The van der Waals surface area contributed by atoms with Gasteiger partial charge in [-0.05, 0) is 50.1 Å². The Morgan fingerprint density at radius 3 is 2.81 bits per heavy atom. The molecular formula is C24H23ClN4O3. The minimum atomic E-state index is -0.455. The molecule has 1 amide bonds. The van der Waals surface area contributed by atoms with Gasteiger partial charge in [-0.2, -0.15) is 0 Å². The molecule has 2 aromatic carbocycles. The third-order valence-electron chi connectivity index (χ3n) is 5.48. The number of hydrogen-bond donors (Lipinski definition) is 3. The van der Waals surface area contributed by atoms with E-state index in [2.05, 4.69) is 27.4 Å². The van der Waals surface area contributed by atoms with E-state index in [-0.39, 0.29) is 18.3 Å². The van der Waals surface area contributed by atoms with E-state index < -0.39 is 6.04 Å². The van der Waals surface area contributed by atoms with E-state index >= 15 is 0 Å². The summed E-state index contributed by atoms with van der Waals surface area (Å²) >= 11 is 5.99. The van der Waals surface area contributed by atoms with Gasteiger partial charge in [-0.15, -0.1) is 16.1 Å². The summed E-state index contributed by atoms with van der Waals surface area (Å²) in [7, 11) is 0. The number of aromatic hydroxyl groups is 1. The first-order valence-corrected chi connectivity index (χ1v) is 10.8. The van der Waals surface area contributed by atoms with Gasteiger partial charge in [0, 0.05) is 40.0 Å². The Morgan fingerprint density at radius 2 is 2.06 bits per heavy atom. The number of fused-ring (bicyclic) bond motifs is 1. The van der Waals surface area contributed by atoms with Crippen LogP contribution in [0, 0.1) is 11.8 Å². The molecule has 0 unspecified atom stereocenters. The van der Waals surface area contributed by atoms with Crippen LogP contribution in [0.3, 0.4) is 0 Å². The smallest absolute Gasteiger partial charge is 0.245 e. The van der Waals surface area contributed by atoms with Crippen molar-refractivity contribution in [2.24, 2.45) is 0 Å². The van der Waals surface area contributed by atoms with Gasteiger partial charge in [-0.25, -0.2) is 0 Å². The Morgan fingerprint density at radius 1 is 1.22 bits per heavy atom. The van der Waals surface area contributed by atoms with Gasteiger partial charge in [-0.1, -0.05) is 23.6 Å². The number of nitrogens with one attached hydrogen (secondary N) is 1. The largest absolute Gasteiger partial charge is 0.507 e. The minimum Gasteiger partial charge on any atom is -0.507 e. The van der Waals surface area contributed by atoms with Crippen molar-refractivity contribution >= 4 is 34.1 Å². The van der Waals surface area contributed by atoms with Crippen LogP contribution < -0.4 is 5.32 Å². The molecule has 1 saturated heterocycles. The fourth-order valence-corrected chi connectivity index (χ4v) is 4.14. The number of anilines is 1. The van der Waals surface area contributed by atoms with Gasteiger partial charge < -0.3 is 20.4 Å². The average Bonchev–Trinajstić information content (AvgIpc) is 2.77. The predicted molar refractivity (Wildman–Crippen MR) is 125 cm³/mol. The number of halogens is 1. The normalized spacial score (nSPS) is 16.0. The van der Waals surface area contributed by atoms with Gasteiger partial charge in [-0.3, -0.25) is 4.79 Å². The van der Waals surface area contributed by atoms with Crippen LogP contribution in [-0.2, 0) is 4.79 Å². The molecule has 8 heteroatoms. The first-order chi connectivity index (χ1) is 15.5. The van der Waals surface area contributed by atoms with Crippen LogP contribution in [0.15, 0.2) is 36.4 Å². The van der Waals surface area contributed by atoms with E-state index in [4.69, 9.17) is 11.6 Å². The molecule has 1 aliphatic heterocycles. The van der Waals surface area contributed by atoms with Gasteiger partial charge >= 0.3 is 0 Å². The third-order valence-corrected chi connectivity index (χ3v) is 5.71. The standard InChI is InChI=1S/C24H23ClN4O3/c1-2-4-15-6-8-17-19(13-15)23(26-20-5-3-10-29(11-12-30)24(20)32)28-27-22(17)18-9-7-16(25)14-21(18)31/h6-9,13-14,20,30-31H,3,5,10-12H2,1H3,(H,26,28)/t20-/m1/s1. The monoisotopic (exact) mass is 450 g/mol. The highest BCUT2D eigenvalue weighted by Crippen LogP contribution is 2.36. The van der Waals surface area contributed by atoms with Crippen molar-refractivity contribution in [3.63, 3.8) is 0 Å². The maximum Gasteiger partial charge on any atom is 0.245 e. The zero-order chi connectivity index (χ0) is 22.7. The lowest BCUT2D eigenvalue weighted by Crippen LogP contribution is -2.48. The molecule has 32 heavy (non-hydrogen) atoms. The molecule has 0 saturated carbocycles. The van der Waals surface area contributed by atoms with Crippen LogP contribution in [0.4, 0.5) is 5.82 Å². The number of piperidine rings is 1. The fourth-order valence-electron chi connectivity index (χ4n) is 3.97. The number of benzene rings is 2. The molecule has 4 rings (SSSR count). The molecule has 3 N–H and O–H groups in total. The molecule has 164 valence electrons. The van der Waals surface area contributed by atoms with E-state index in [1.165, 1.54) is 6.07 Å². The van der Waals surface area contributed by atoms with Gasteiger partial charge in [0.2, 0.25) is 5.91 Å². The number of amides is 1. The summed E-state index contributed by atoms with van der Waals surface area (Å²) in [4.78, 5) is 14.5. The van der Waals surface area contributed by atoms with Gasteiger partial charge in [0.05, 0.1) is 6.61 Å². The number of nitrogens with zero attached hydrogens (tertiary/aromatic N) is 3. The van der Waals surface area contributed by atoms with E-state index in [1.807, 2.05) is 18.2 Å². The van der Waals surface area contributed by atoms with Crippen LogP contribution in [-0.4, -0.2) is 57.0 Å². The Bertz CT molecular complexity index is 1230. The SMILES string of the molecule is CC#Cc1ccc2c(-c3ccc(Cl)cc3O)nnc(N[C@@H]3CCCN(CCO)C3=O)c2c1. The molecule has 1 aromatic heterocycles. The summed E-state index contributed by atoms with van der Waals surface area (Å²) in [5.41, 5.74) is 1.82. The summed E-state index contributed by atoms with van der Waals surface area (Å²) in [5.74, 6) is 6.35. The number of phenols is 1. The number of β-amino-alcohol motifs (C(OH)–C–C–N with tert-alkyl or cyclic N) is 1. The molecule has 0 bridgehead atoms. The van der Waals surface area contributed by atoms with E-state index in [0.29, 0.717) is 41.6 Å². The van der Waals surface area contributed by atoms with E-state index in [9.17, 15) is 15.0 Å². The molecule has 1 fully saturated rings. The fraction of sp³-hybridized carbons (Fsp3) is 0.292. The van der Waals surface area contributed by atoms with Crippen molar-refractivity contribution < 1.29 is 15.0 Å². The first-order valence-electron chi connectivity index (χ1n) is 10.4. The quantitative estimate of drug-likeness (QED) is 0.515. The third kappa shape index (κ3) is 4.33. The molecule has 1 atom stereocenters. The maximum absolute atomic E-state index is 12.8. The number of hydrogen-bond acceptors (Lipinski definition) is 6. The molecule has 7 nitrogen and oxygen atoms in total. The van der Waals surface area contributed by atoms with Crippen LogP contribution in [0.1, 0.15) is 25.3 Å². The molecule has 0 spiro atoms. The van der Waals surface area contributed by atoms with Crippen molar-refractivity contribution in [2.45, 2.75) is 25.8 Å². The molecule has 0 radical (unpaired) electrons.